The van der Waals surface area contributed by atoms with Gasteiger partial charge in [-0.15, -0.1) is 0 Å². The number of nitrogens with zero attached hydrogens (tertiary/aromatic N) is 2. The normalized spacial score (nSPS) is 31.6. The molecule has 1 amide bonds. The van der Waals surface area contributed by atoms with Crippen molar-refractivity contribution in [3.63, 3.8) is 0 Å². The summed E-state index contributed by atoms with van der Waals surface area (Å²) in [7, 11) is 2.05. The Bertz CT molecular complexity index is 206. The third-order valence-corrected chi connectivity index (χ3v) is 2.71. The summed E-state index contributed by atoms with van der Waals surface area (Å²) in [5, 5.41) is 9.27. The van der Waals surface area contributed by atoms with Gasteiger partial charge >= 0.3 is 0 Å². The molecule has 82 valence electrons. The van der Waals surface area contributed by atoms with Gasteiger partial charge in [-0.05, 0) is 27.8 Å². The molecule has 0 saturated carbocycles. The van der Waals surface area contributed by atoms with Crippen LogP contribution in [-0.2, 0) is 4.79 Å². The van der Waals surface area contributed by atoms with Crippen LogP contribution in [0.4, 0.5) is 0 Å². The van der Waals surface area contributed by atoms with Crippen molar-refractivity contribution < 1.29 is 9.90 Å². The molecule has 2 unspecified atom stereocenters. The van der Waals surface area contributed by atoms with E-state index < -0.39 is 6.10 Å². The first kappa shape index (κ1) is 11.5. The molecule has 0 spiro atoms. The van der Waals surface area contributed by atoms with E-state index in [4.69, 9.17) is 0 Å². The molecule has 4 nitrogen and oxygen atoms in total. The van der Waals surface area contributed by atoms with Crippen molar-refractivity contribution in [1.82, 2.24) is 9.80 Å². The highest BCUT2D eigenvalue weighted by atomic mass is 16.3. The quantitative estimate of drug-likeness (QED) is 0.644. The summed E-state index contributed by atoms with van der Waals surface area (Å²) < 4.78 is 0. The molecule has 0 aromatic rings. The fraction of sp³-hybridized carbons (Fsp3) is 0.900. The summed E-state index contributed by atoms with van der Waals surface area (Å²) in [5.41, 5.74) is 0. The minimum atomic E-state index is -0.886. The van der Waals surface area contributed by atoms with Crippen LogP contribution in [-0.4, -0.2) is 59.1 Å². The number of amides is 1. The van der Waals surface area contributed by atoms with Gasteiger partial charge in [-0.3, -0.25) is 4.79 Å². The van der Waals surface area contributed by atoms with E-state index in [-0.39, 0.29) is 18.0 Å². The van der Waals surface area contributed by atoms with Crippen LogP contribution in [0, 0.1) is 0 Å². The molecule has 14 heavy (non-hydrogen) atoms. The van der Waals surface area contributed by atoms with E-state index in [0.29, 0.717) is 0 Å². The van der Waals surface area contributed by atoms with Gasteiger partial charge in [0.05, 0.1) is 0 Å². The summed E-state index contributed by atoms with van der Waals surface area (Å²) in [5.74, 6) is -0.155. The van der Waals surface area contributed by atoms with Crippen molar-refractivity contribution in [3.8, 4) is 0 Å². The number of rotatable bonds is 1. The van der Waals surface area contributed by atoms with E-state index in [1.807, 2.05) is 13.8 Å². The second kappa shape index (κ2) is 4.28. The zero-order valence-corrected chi connectivity index (χ0v) is 9.40. The van der Waals surface area contributed by atoms with Crippen LogP contribution in [0.1, 0.15) is 20.8 Å². The van der Waals surface area contributed by atoms with E-state index in [1.54, 1.807) is 4.90 Å². The summed E-state index contributed by atoms with van der Waals surface area (Å²) in [6.07, 6.45) is -0.886. The monoisotopic (exact) mass is 200 g/mol. The average molecular weight is 200 g/mol. The predicted octanol–water partition coefficient (Wildman–Crippen LogP) is -0.0818. The smallest absolute Gasteiger partial charge is 0.251 e. The topological polar surface area (TPSA) is 43.8 Å². The number of likely N-dealkylation sites (N-methyl/N-ethyl adjacent to an activating group) is 1. The molecule has 0 aromatic carbocycles. The lowest BCUT2D eigenvalue weighted by Crippen LogP contribution is -2.59. The highest BCUT2D eigenvalue weighted by Gasteiger charge is 2.32. The maximum absolute atomic E-state index is 11.7. The Morgan fingerprint density at radius 2 is 1.79 bits per heavy atom. The Kier molecular flexibility index (Phi) is 3.50. The van der Waals surface area contributed by atoms with Crippen molar-refractivity contribution in [2.75, 3.05) is 20.1 Å². The number of carbonyl (C=O) groups excluding carboxylic acids is 1. The maximum atomic E-state index is 11.7. The molecule has 1 rings (SSSR count). The fourth-order valence-electron chi connectivity index (χ4n) is 2.24. The second-order valence-corrected chi connectivity index (χ2v) is 4.34. The summed E-state index contributed by atoms with van der Waals surface area (Å²) in [4.78, 5) is 15.7. The van der Waals surface area contributed by atoms with Gasteiger partial charge in [0.25, 0.3) is 5.91 Å². The van der Waals surface area contributed by atoms with Crippen LogP contribution >= 0.6 is 0 Å². The summed E-state index contributed by atoms with van der Waals surface area (Å²) in [6, 6.07) is 0.372. The van der Waals surface area contributed by atoms with Crippen LogP contribution < -0.4 is 0 Å². The molecule has 3 atom stereocenters. The maximum Gasteiger partial charge on any atom is 0.251 e. The lowest BCUT2D eigenvalue weighted by molar-refractivity contribution is -0.146. The van der Waals surface area contributed by atoms with Crippen LogP contribution in [0.3, 0.4) is 0 Å². The van der Waals surface area contributed by atoms with Gasteiger partial charge in [-0.2, -0.15) is 0 Å². The third kappa shape index (κ3) is 2.25. The Labute approximate surface area is 85.5 Å². The average Bonchev–Trinajstić information content (AvgIpc) is 2.01. The van der Waals surface area contributed by atoms with Gasteiger partial charge in [-0.25, -0.2) is 0 Å². The Morgan fingerprint density at radius 3 is 2.14 bits per heavy atom. The number of hydrogen-bond acceptors (Lipinski definition) is 3. The molecule has 1 fully saturated rings. The standard InChI is InChI=1S/C10H20N2O2/c1-7-5-11(4)6-8(2)12(7)10(14)9(3)13/h7-9,13H,5-6H2,1-4H3/t7-,8?,9?/m0/s1. The first-order chi connectivity index (χ1) is 6.43. The van der Waals surface area contributed by atoms with E-state index in [2.05, 4.69) is 11.9 Å². The number of aliphatic hydroxyl groups is 1. The minimum Gasteiger partial charge on any atom is -0.384 e. The number of hydrogen-bond donors (Lipinski definition) is 1. The van der Waals surface area contributed by atoms with Gasteiger partial charge in [0.15, 0.2) is 0 Å². The molecule has 1 saturated heterocycles. The first-order valence-electron chi connectivity index (χ1n) is 5.12. The fourth-order valence-corrected chi connectivity index (χ4v) is 2.24. The SMILES string of the molecule is CC(O)C(=O)N1C(C)CN(C)C[C@@H]1C. The molecule has 0 radical (unpaired) electrons. The number of carbonyl (C=O) groups is 1. The molecule has 0 bridgehead atoms. The second-order valence-electron chi connectivity index (χ2n) is 4.34. The predicted molar refractivity (Wildman–Crippen MR) is 54.9 cm³/mol. The molecule has 1 aliphatic rings. The highest BCUT2D eigenvalue weighted by Crippen LogP contribution is 2.15. The van der Waals surface area contributed by atoms with Crippen molar-refractivity contribution >= 4 is 5.91 Å². The van der Waals surface area contributed by atoms with E-state index >= 15 is 0 Å². The molecular weight excluding hydrogens is 180 g/mol. The van der Waals surface area contributed by atoms with Crippen molar-refractivity contribution in [2.45, 2.75) is 39.0 Å². The lowest BCUT2D eigenvalue weighted by Gasteiger charge is -2.43. The molecule has 4 heteroatoms. The van der Waals surface area contributed by atoms with Gasteiger partial charge in [0, 0.05) is 25.2 Å². The molecule has 0 aromatic heterocycles. The zero-order chi connectivity index (χ0) is 10.9. The Hall–Kier alpha value is -0.610. The molecule has 1 N–H and O–H groups in total. The Morgan fingerprint density at radius 1 is 1.36 bits per heavy atom. The van der Waals surface area contributed by atoms with Gasteiger partial charge < -0.3 is 14.9 Å². The van der Waals surface area contributed by atoms with Crippen molar-refractivity contribution in [2.24, 2.45) is 0 Å². The van der Waals surface area contributed by atoms with Gasteiger partial charge in [-0.1, -0.05) is 0 Å². The molecule has 0 aliphatic carbocycles. The van der Waals surface area contributed by atoms with E-state index in [0.717, 1.165) is 13.1 Å². The largest absolute Gasteiger partial charge is 0.384 e. The number of piperazine rings is 1. The molecule has 1 aliphatic heterocycles. The van der Waals surface area contributed by atoms with Gasteiger partial charge in [0.2, 0.25) is 0 Å². The van der Waals surface area contributed by atoms with E-state index in [1.165, 1.54) is 6.92 Å². The first-order valence-corrected chi connectivity index (χ1v) is 5.12. The van der Waals surface area contributed by atoms with Crippen LogP contribution in [0.5, 0.6) is 0 Å². The van der Waals surface area contributed by atoms with Crippen molar-refractivity contribution in [1.29, 1.82) is 0 Å². The van der Waals surface area contributed by atoms with Crippen molar-refractivity contribution in [3.05, 3.63) is 0 Å². The van der Waals surface area contributed by atoms with Crippen LogP contribution in [0.15, 0.2) is 0 Å². The van der Waals surface area contributed by atoms with Gasteiger partial charge in [0.1, 0.15) is 6.10 Å². The summed E-state index contributed by atoms with van der Waals surface area (Å²) >= 11 is 0. The molecular formula is C10H20N2O2. The van der Waals surface area contributed by atoms with Crippen LogP contribution in [0.25, 0.3) is 0 Å². The highest BCUT2D eigenvalue weighted by molar-refractivity contribution is 5.81. The summed E-state index contributed by atoms with van der Waals surface area (Å²) in [6.45, 7) is 7.32. The zero-order valence-electron chi connectivity index (χ0n) is 9.40. The Balaban J connectivity index is 2.72. The third-order valence-electron chi connectivity index (χ3n) is 2.71. The lowest BCUT2D eigenvalue weighted by atomic mass is 10.1. The minimum absolute atomic E-state index is 0.155. The van der Waals surface area contributed by atoms with E-state index in [9.17, 15) is 9.90 Å². The molecule has 1 heterocycles. The van der Waals surface area contributed by atoms with Crippen LogP contribution in [0.2, 0.25) is 0 Å². The number of aliphatic hydroxyl groups excluding tert-OH is 1.